The first-order valence-corrected chi connectivity index (χ1v) is 21.9. The largest absolute Gasteiger partial charge is 0.478 e. The van der Waals surface area contributed by atoms with Crippen molar-refractivity contribution in [1.82, 2.24) is 30.2 Å². The number of benzene rings is 4. The van der Waals surface area contributed by atoms with Gasteiger partial charge in [-0.1, -0.05) is 43.8 Å². The molecule has 0 saturated carbocycles. The predicted octanol–water partition coefficient (Wildman–Crippen LogP) is 8.20. The number of hydrogen-bond acceptors (Lipinski definition) is 11. The molecule has 4 aliphatic heterocycles. The van der Waals surface area contributed by atoms with Gasteiger partial charge in [0.2, 0.25) is 0 Å². The topological polar surface area (TPSA) is 241 Å². The van der Waals surface area contributed by atoms with E-state index in [-0.39, 0.29) is 53.7 Å². The minimum absolute atomic E-state index is 0. The molecule has 4 fully saturated rings. The summed E-state index contributed by atoms with van der Waals surface area (Å²) < 4.78 is 10.6. The lowest BCUT2D eigenvalue weighted by Gasteiger charge is -2.39. The fraction of sp³-hybridized carbons (Fsp3) is 0.321. The van der Waals surface area contributed by atoms with Crippen LogP contribution in [-0.4, -0.2) is 94.4 Å². The Morgan fingerprint density at radius 3 is 1.43 bits per heavy atom. The molecular formula is C53H53ClN10O5. The number of aromatic amines is 2. The molecule has 69 heavy (non-hydrogen) atoms. The van der Waals surface area contributed by atoms with E-state index in [1.165, 1.54) is 5.56 Å². The monoisotopic (exact) mass is 944 g/mol. The second kappa shape index (κ2) is 21.1. The van der Waals surface area contributed by atoms with E-state index in [0.29, 0.717) is 85.0 Å². The lowest BCUT2D eigenvalue weighted by atomic mass is 9.88. The Morgan fingerprint density at radius 2 is 1.07 bits per heavy atom. The van der Waals surface area contributed by atoms with Gasteiger partial charge in [0.25, 0.3) is 5.91 Å². The van der Waals surface area contributed by atoms with Crippen molar-refractivity contribution < 1.29 is 24.2 Å². The van der Waals surface area contributed by atoms with E-state index in [9.17, 15) is 20.1 Å². The number of H-pyrrole nitrogens is 2. The number of likely N-dealkylation sites (tertiary alicyclic amines) is 1. The lowest BCUT2D eigenvalue weighted by Crippen LogP contribution is -2.48. The fourth-order valence-electron chi connectivity index (χ4n) is 8.23. The molecule has 6 aromatic rings. The summed E-state index contributed by atoms with van der Waals surface area (Å²) in [5.41, 5.74) is 9.33. The van der Waals surface area contributed by atoms with Gasteiger partial charge >= 0.3 is 5.97 Å². The normalized spacial score (nSPS) is 16.0. The molecule has 15 nitrogen and oxygen atoms in total. The summed E-state index contributed by atoms with van der Waals surface area (Å²) >= 11 is 0. The number of imidazole rings is 2. The number of halogens is 1. The van der Waals surface area contributed by atoms with Crippen LogP contribution in [-0.2, 0) is 20.3 Å². The molecule has 4 N–H and O–H groups in total. The third-order valence-electron chi connectivity index (χ3n) is 12.9. The Kier molecular flexibility index (Phi) is 15.5. The van der Waals surface area contributed by atoms with E-state index in [0.717, 1.165) is 46.7 Å². The van der Waals surface area contributed by atoms with Crippen molar-refractivity contribution in [1.29, 1.82) is 21.0 Å². The van der Waals surface area contributed by atoms with Crippen molar-refractivity contribution >= 4 is 24.3 Å². The number of aromatic carboxylic acids is 1. The zero-order valence-electron chi connectivity index (χ0n) is 38.0. The molecule has 4 aromatic carbocycles. The summed E-state index contributed by atoms with van der Waals surface area (Å²) in [6, 6.07) is 34.4. The van der Waals surface area contributed by atoms with Crippen LogP contribution < -0.4 is 5.32 Å². The van der Waals surface area contributed by atoms with Crippen LogP contribution in [0.15, 0.2) is 84.9 Å². The van der Waals surface area contributed by atoms with Crippen molar-refractivity contribution in [2.24, 2.45) is 0 Å². The fourth-order valence-corrected chi connectivity index (χ4v) is 8.23. The number of carbonyl (C=O) groups excluding carboxylic acids is 1. The van der Waals surface area contributed by atoms with E-state index < -0.39 is 5.97 Å². The number of rotatable bonds is 8. The highest BCUT2D eigenvalue weighted by Gasteiger charge is 2.40. The Bertz CT molecular complexity index is 3020. The zero-order chi connectivity index (χ0) is 47.5. The average molecular weight is 946 g/mol. The molecule has 16 heteroatoms. The minimum Gasteiger partial charge on any atom is -0.478 e. The van der Waals surface area contributed by atoms with E-state index in [1.54, 1.807) is 18.2 Å². The molecule has 0 atom stereocenters. The zero-order valence-corrected chi connectivity index (χ0v) is 38.8. The maximum atomic E-state index is 13.1. The van der Waals surface area contributed by atoms with Crippen LogP contribution >= 0.6 is 12.4 Å². The van der Waals surface area contributed by atoms with Gasteiger partial charge in [-0.3, -0.25) is 4.79 Å². The van der Waals surface area contributed by atoms with Gasteiger partial charge in [-0.15, -0.1) is 12.4 Å². The number of ether oxygens (including phenoxy) is 2. The number of nitrogens with one attached hydrogen (secondary N) is 3. The summed E-state index contributed by atoms with van der Waals surface area (Å²) in [6.45, 7) is 13.6. The highest BCUT2D eigenvalue weighted by molar-refractivity contribution is 5.96. The molecular weight excluding hydrogens is 892 g/mol. The van der Waals surface area contributed by atoms with Crippen LogP contribution in [0.25, 0.3) is 22.5 Å². The number of nitrogens with zero attached hydrogens (tertiary/aromatic N) is 7. The number of aromatic nitrogens is 4. The number of carboxylic acid groups (broad SMARTS) is 1. The first-order chi connectivity index (χ1) is 32.3. The van der Waals surface area contributed by atoms with Gasteiger partial charge < -0.3 is 34.8 Å². The maximum absolute atomic E-state index is 13.1. The lowest BCUT2D eigenvalue weighted by molar-refractivity contribution is -0.0539. The Morgan fingerprint density at radius 1 is 0.652 bits per heavy atom. The van der Waals surface area contributed by atoms with Gasteiger partial charge in [0.15, 0.2) is 11.4 Å². The van der Waals surface area contributed by atoms with Gasteiger partial charge in [0.05, 0.1) is 77.5 Å². The van der Waals surface area contributed by atoms with E-state index >= 15 is 0 Å². The SMILES string of the molecule is C.Cc1ccc(C(=O)N2CC(c3ccc(C#N)cc3)C2)cc1-c1[nH]c(C2(C)COC2)nc1C#N.Cc1ccc(C(=O)O)cc1-c1[nH]c(C2(C)COC2)nc1C#N.Cl.N#Cc1ccc(C2CNC2)cc1. The minimum atomic E-state index is -1.00. The van der Waals surface area contributed by atoms with Gasteiger partial charge in [0, 0.05) is 54.7 Å². The summed E-state index contributed by atoms with van der Waals surface area (Å²) in [5, 5.41) is 48.9. The molecule has 0 radical (unpaired) electrons. The average Bonchev–Trinajstić information content (AvgIpc) is 3.93. The summed E-state index contributed by atoms with van der Waals surface area (Å²) in [6.07, 6.45) is 0. The Balaban J connectivity index is 0.000000187. The highest BCUT2D eigenvalue weighted by atomic mass is 35.5. The molecule has 4 saturated heterocycles. The third-order valence-corrected chi connectivity index (χ3v) is 12.9. The van der Waals surface area contributed by atoms with E-state index in [2.05, 4.69) is 56.5 Å². The van der Waals surface area contributed by atoms with Crippen LogP contribution in [0.5, 0.6) is 0 Å². The summed E-state index contributed by atoms with van der Waals surface area (Å²) in [7, 11) is 0. The molecule has 352 valence electrons. The van der Waals surface area contributed by atoms with Gasteiger partial charge in [-0.25, -0.2) is 14.8 Å². The first-order valence-electron chi connectivity index (χ1n) is 21.9. The smallest absolute Gasteiger partial charge is 0.335 e. The van der Waals surface area contributed by atoms with Gasteiger partial charge in [-0.2, -0.15) is 21.0 Å². The van der Waals surface area contributed by atoms with Crippen LogP contribution in [0, 0.1) is 59.2 Å². The Labute approximate surface area is 407 Å². The van der Waals surface area contributed by atoms with Gasteiger partial charge in [0.1, 0.15) is 23.8 Å². The van der Waals surface area contributed by atoms with Crippen LogP contribution in [0.2, 0.25) is 0 Å². The number of carbonyl (C=O) groups is 2. The Hall–Kier alpha value is -7.63. The van der Waals surface area contributed by atoms with Crippen molar-refractivity contribution in [3.05, 3.63) is 152 Å². The molecule has 2 aromatic heterocycles. The van der Waals surface area contributed by atoms with Crippen LogP contribution in [0.3, 0.4) is 0 Å². The first kappa shape index (κ1) is 50.8. The van der Waals surface area contributed by atoms with Crippen molar-refractivity contribution in [3.8, 4) is 46.8 Å². The number of hydrogen-bond donors (Lipinski definition) is 4. The third kappa shape index (κ3) is 10.4. The molecule has 0 spiro atoms. The highest BCUT2D eigenvalue weighted by Crippen LogP contribution is 2.36. The van der Waals surface area contributed by atoms with Gasteiger partial charge in [-0.05, 0) is 98.5 Å². The number of aryl methyl sites for hydroxylation is 2. The van der Waals surface area contributed by atoms with Crippen molar-refractivity contribution in [3.63, 3.8) is 0 Å². The van der Waals surface area contributed by atoms with Crippen molar-refractivity contribution in [2.75, 3.05) is 52.6 Å². The second-order valence-corrected chi connectivity index (χ2v) is 18.0. The molecule has 4 aliphatic rings. The molecule has 0 aliphatic carbocycles. The molecule has 6 heterocycles. The number of amides is 1. The number of carboxylic acids is 1. The van der Waals surface area contributed by atoms with Crippen molar-refractivity contribution in [2.45, 2.75) is 57.8 Å². The second-order valence-electron chi connectivity index (χ2n) is 18.0. The van der Waals surface area contributed by atoms with Crippen LogP contribution in [0.4, 0.5) is 0 Å². The molecule has 10 rings (SSSR count). The quantitative estimate of drug-likeness (QED) is 0.113. The molecule has 1 amide bonds. The molecule has 0 unspecified atom stereocenters. The summed E-state index contributed by atoms with van der Waals surface area (Å²) in [4.78, 5) is 41.6. The predicted molar refractivity (Wildman–Crippen MR) is 261 cm³/mol. The van der Waals surface area contributed by atoms with E-state index in [4.69, 9.17) is 25.1 Å². The maximum Gasteiger partial charge on any atom is 0.335 e. The molecule has 0 bridgehead atoms. The summed E-state index contributed by atoms with van der Waals surface area (Å²) in [5.74, 6) is 1.35. The standard InChI is InChI=1S/C26H23N5O2.C16H15N3O3.C10H10N2.CH4.ClH/c1-16-3-6-19(24(32)31-12-20(13-31)18-7-4-17(10-27)5-8-18)9-21(16)23-22(11-28)29-25(30-23)26(2)14-33-15-26;1-9-3-4-10(14(20)21)5-11(9)13-12(6-17)18-15(19-13)16(2)7-22-8-16;11-5-8-1-3-9(4-2-8)10-6-12-7-10;;/h3-9,20H,12-15H2,1-2H3,(H,29,30);3-5H,7-8H2,1-2H3,(H,18,19)(H,20,21);1-4,10,12H,6-7H2;1H4;1H. The van der Waals surface area contributed by atoms with Crippen LogP contribution in [0.1, 0.15) is 110 Å². The number of nitriles is 4. The van der Waals surface area contributed by atoms with E-state index in [1.807, 2.05) is 92.4 Å².